The lowest BCUT2D eigenvalue weighted by atomic mass is 10.0. The Bertz CT molecular complexity index is 1940. The molecule has 9 amide bonds. The van der Waals surface area contributed by atoms with Crippen LogP contribution in [0.5, 0.6) is 0 Å². The maximum atomic E-state index is 14.1. The number of hydrogen-bond acceptors (Lipinski definition) is 18. The average Bonchev–Trinajstić information content (AvgIpc) is 3.84. The fourth-order valence-electron chi connectivity index (χ4n) is 5.93. The smallest absolute Gasteiger partial charge is 0.327 e. The Kier molecular flexibility index (Phi) is 30.3. The summed E-state index contributed by atoms with van der Waals surface area (Å²) in [6.07, 6.45) is 5.20. The minimum absolute atomic E-state index is 0.0109. The monoisotopic (exact) mass is 1080 g/mol. The van der Waals surface area contributed by atoms with Gasteiger partial charge in [-0.1, -0.05) is 13.8 Å². The Morgan fingerprint density at radius 2 is 1.10 bits per heavy atom. The fraction of sp³-hybridized carbons (Fsp3) is 0.650. The Balaban J connectivity index is 3.33. The van der Waals surface area contributed by atoms with Crippen LogP contribution in [0.3, 0.4) is 0 Å². The molecule has 0 radical (unpaired) electrons. The number of rotatable bonds is 34. The van der Waals surface area contributed by atoms with E-state index in [1.807, 2.05) is 0 Å². The van der Waals surface area contributed by atoms with E-state index in [9.17, 15) is 63.0 Å². The van der Waals surface area contributed by atoms with Gasteiger partial charge in [-0.05, 0) is 56.1 Å². The summed E-state index contributed by atoms with van der Waals surface area (Å²) in [5.74, 6) is -10.5. The van der Waals surface area contributed by atoms with E-state index in [1.54, 1.807) is 26.4 Å². The molecular weight excluding hydrogens is 1020 g/mol. The van der Waals surface area contributed by atoms with E-state index in [-0.39, 0.29) is 36.5 Å². The molecule has 14 N–H and O–H groups in total. The fourth-order valence-corrected chi connectivity index (χ4v) is 7.54. The topological polar surface area (TPSA) is 391 Å². The summed E-state index contributed by atoms with van der Waals surface area (Å²) in [7, 11) is 0. The molecule has 0 aromatic carbocycles. The second-order valence-electron chi connectivity index (χ2n) is 15.9. The Morgan fingerprint density at radius 3 is 1.59 bits per heavy atom. The molecule has 1 rings (SSSR count). The lowest BCUT2D eigenvalue weighted by molar-refractivity contribution is -0.141. The predicted octanol–water partition coefficient (Wildman–Crippen LogP) is -3.81. The number of carboxylic acid groups (broad SMARTS) is 2. The third kappa shape index (κ3) is 23.3. The number of carboxylic acids is 2. The molecule has 394 valence electrons. The van der Waals surface area contributed by atoms with Crippen molar-refractivity contribution < 1.29 is 63.0 Å². The molecule has 0 spiro atoms. The standard InChI is InChI=1S/C40H66N12O13S5/c1-19(2)31(52-36(60)23(6-7-30(54)55)46-29(53)14-43-32(56)20(3)45-33(57)22(41)15-66)39(63)48-25(9-11-70-5)34(58)49-26(12-21-13-42-18-44-21)37(61)47-24(8-10-69-4)35(59)50-27(16-67)38(62)51-28(17-68)40(64)65/h13,18-20,22-28,31,66-68H,6-12,14-17,41H2,1-5H3,(H,42,44)(H,43,56)(H,45,57)(H,46,53)(H,47,61)(H,48,63)(H,49,58)(H,50,59)(H,51,62)(H,52,60)(H,54,55)(H,64,65)/t20-,22-,23-,24-,25-,26-,27-,28-,31-/m0/s1. The maximum Gasteiger partial charge on any atom is 0.327 e. The van der Waals surface area contributed by atoms with Gasteiger partial charge in [-0.3, -0.25) is 47.9 Å². The van der Waals surface area contributed by atoms with Crippen LogP contribution in [0.15, 0.2) is 12.5 Å². The molecule has 30 heteroatoms. The summed E-state index contributed by atoms with van der Waals surface area (Å²) < 4.78 is 0. The number of carbonyl (C=O) groups excluding carboxylic acids is 9. The van der Waals surface area contributed by atoms with Gasteiger partial charge < -0.3 is 68.8 Å². The predicted molar refractivity (Wildman–Crippen MR) is 271 cm³/mol. The van der Waals surface area contributed by atoms with Crippen molar-refractivity contribution in [3.05, 3.63) is 18.2 Å². The van der Waals surface area contributed by atoms with Crippen molar-refractivity contribution in [2.24, 2.45) is 11.7 Å². The lowest BCUT2D eigenvalue weighted by Crippen LogP contribution is -2.61. The van der Waals surface area contributed by atoms with Crippen LogP contribution in [-0.2, 0) is 59.2 Å². The average molecular weight is 1080 g/mol. The zero-order chi connectivity index (χ0) is 53.1. The molecule has 70 heavy (non-hydrogen) atoms. The number of nitrogens with two attached hydrogens (primary N) is 1. The van der Waals surface area contributed by atoms with Gasteiger partial charge in [-0.2, -0.15) is 61.4 Å². The van der Waals surface area contributed by atoms with Gasteiger partial charge in [-0.15, -0.1) is 0 Å². The van der Waals surface area contributed by atoms with Gasteiger partial charge in [-0.25, -0.2) is 9.78 Å². The summed E-state index contributed by atoms with van der Waals surface area (Å²) in [5, 5.41) is 40.9. The van der Waals surface area contributed by atoms with Crippen molar-refractivity contribution in [1.82, 2.24) is 57.8 Å². The van der Waals surface area contributed by atoms with Crippen LogP contribution in [0.25, 0.3) is 0 Å². The highest BCUT2D eigenvalue weighted by molar-refractivity contribution is 7.98. The highest BCUT2D eigenvalue weighted by Gasteiger charge is 2.35. The van der Waals surface area contributed by atoms with Crippen LogP contribution in [0.2, 0.25) is 0 Å². The molecule has 0 saturated carbocycles. The second kappa shape index (κ2) is 33.6. The van der Waals surface area contributed by atoms with Crippen LogP contribution in [0.4, 0.5) is 0 Å². The van der Waals surface area contributed by atoms with Crippen LogP contribution in [0.1, 0.15) is 52.1 Å². The summed E-state index contributed by atoms with van der Waals surface area (Å²) in [6.45, 7) is 3.83. The molecule has 1 heterocycles. The van der Waals surface area contributed by atoms with Crippen molar-refractivity contribution >= 4 is 127 Å². The van der Waals surface area contributed by atoms with Crippen LogP contribution in [0, 0.1) is 5.92 Å². The third-order valence-corrected chi connectivity index (χ3v) is 12.4. The number of thioether (sulfide) groups is 2. The van der Waals surface area contributed by atoms with E-state index >= 15 is 0 Å². The zero-order valence-electron chi connectivity index (χ0n) is 39.3. The number of nitrogens with one attached hydrogen (secondary N) is 10. The molecule has 0 aliphatic rings. The summed E-state index contributed by atoms with van der Waals surface area (Å²) in [6, 6.07) is -11.6. The number of thiol groups is 3. The highest BCUT2D eigenvalue weighted by atomic mass is 32.2. The SMILES string of the molecule is CSCC[C@H](NC(=O)[C@H](Cc1cnc[nH]1)NC(=O)[C@H](CCSC)NC(=O)[C@@H](NC(=O)[C@H](CCC(=O)O)NC(=O)CNC(=O)[C@H](C)NC(=O)[C@@H](N)CS)C(C)C)C(=O)N[C@@H](CS)C(=O)N[C@@H](CS)C(=O)O. The molecule has 0 saturated heterocycles. The van der Waals surface area contributed by atoms with Crippen molar-refractivity contribution in [3.8, 4) is 0 Å². The van der Waals surface area contributed by atoms with Gasteiger partial charge >= 0.3 is 11.9 Å². The minimum atomic E-state index is -1.51. The van der Waals surface area contributed by atoms with Crippen molar-refractivity contribution in [1.29, 1.82) is 0 Å². The first-order valence-corrected chi connectivity index (χ1v) is 26.4. The van der Waals surface area contributed by atoms with E-state index in [0.717, 1.165) is 0 Å². The van der Waals surface area contributed by atoms with Crippen molar-refractivity contribution in [2.45, 2.75) is 107 Å². The van der Waals surface area contributed by atoms with E-state index < -0.39 is 145 Å². The molecule has 0 unspecified atom stereocenters. The largest absolute Gasteiger partial charge is 0.481 e. The Morgan fingerprint density at radius 1 is 0.614 bits per heavy atom. The number of amides is 9. The van der Waals surface area contributed by atoms with Gasteiger partial charge in [0.05, 0.1) is 18.9 Å². The van der Waals surface area contributed by atoms with E-state index in [2.05, 4.69) is 95.7 Å². The number of hydrogen-bond donors (Lipinski definition) is 16. The first-order valence-electron chi connectivity index (χ1n) is 21.7. The second-order valence-corrected chi connectivity index (χ2v) is 18.9. The summed E-state index contributed by atoms with van der Waals surface area (Å²) >= 11 is 14.7. The van der Waals surface area contributed by atoms with Crippen LogP contribution < -0.4 is 53.6 Å². The van der Waals surface area contributed by atoms with E-state index in [4.69, 9.17) is 5.73 Å². The molecule has 0 bridgehead atoms. The first-order chi connectivity index (χ1) is 33.0. The van der Waals surface area contributed by atoms with Crippen molar-refractivity contribution in [3.63, 3.8) is 0 Å². The van der Waals surface area contributed by atoms with Gasteiger partial charge in [0.25, 0.3) is 0 Å². The normalized spacial score (nSPS) is 14.9. The maximum absolute atomic E-state index is 14.1. The Labute approximate surface area is 430 Å². The molecule has 0 fully saturated rings. The van der Waals surface area contributed by atoms with Gasteiger partial charge in [0.15, 0.2) is 0 Å². The number of carbonyl (C=O) groups is 11. The molecule has 25 nitrogen and oxygen atoms in total. The lowest BCUT2D eigenvalue weighted by Gasteiger charge is -2.28. The minimum Gasteiger partial charge on any atom is -0.481 e. The van der Waals surface area contributed by atoms with E-state index in [1.165, 1.54) is 43.0 Å². The zero-order valence-corrected chi connectivity index (χ0v) is 43.6. The molecular formula is C40H66N12O13S5. The molecule has 9 atom stereocenters. The molecule has 1 aromatic heterocycles. The number of aromatic nitrogens is 2. The third-order valence-electron chi connectivity index (χ3n) is 9.97. The van der Waals surface area contributed by atoms with Gasteiger partial charge in [0, 0.05) is 42.0 Å². The number of nitrogens with zero attached hydrogens (tertiary/aromatic N) is 1. The quantitative estimate of drug-likeness (QED) is 0.0294. The van der Waals surface area contributed by atoms with Crippen molar-refractivity contribution in [2.75, 3.05) is 47.8 Å². The highest BCUT2D eigenvalue weighted by Crippen LogP contribution is 2.10. The van der Waals surface area contributed by atoms with Gasteiger partial charge in [0.2, 0.25) is 53.2 Å². The van der Waals surface area contributed by atoms with Gasteiger partial charge in [0.1, 0.15) is 48.3 Å². The number of aromatic amines is 1. The summed E-state index contributed by atoms with van der Waals surface area (Å²) in [4.78, 5) is 150. The van der Waals surface area contributed by atoms with E-state index in [0.29, 0.717) is 17.2 Å². The molecule has 0 aliphatic carbocycles. The number of aliphatic carboxylic acids is 2. The number of imidazole rings is 1. The van der Waals surface area contributed by atoms with Crippen LogP contribution >= 0.6 is 61.4 Å². The Hall–Kier alpha value is -4.91. The first kappa shape index (κ1) is 63.1. The summed E-state index contributed by atoms with van der Waals surface area (Å²) in [5.41, 5.74) is 6.01. The van der Waals surface area contributed by atoms with Crippen LogP contribution in [-0.4, -0.2) is 187 Å². The number of H-pyrrole nitrogens is 1. The molecule has 1 aromatic rings. The molecule has 0 aliphatic heterocycles.